The smallest absolute Gasteiger partial charge is 0.341 e. The van der Waals surface area contributed by atoms with Gasteiger partial charge in [-0.05, 0) is 35.9 Å². The molecule has 2 aromatic carbocycles. The predicted octanol–water partition coefficient (Wildman–Crippen LogP) is 2.64. The first kappa shape index (κ1) is 13.6. The molecule has 0 aliphatic rings. The average Bonchev–Trinajstić information content (AvgIpc) is 2.45. The predicted molar refractivity (Wildman–Crippen MR) is 71.1 cm³/mol. The summed E-state index contributed by atoms with van der Waals surface area (Å²) < 4.78 is 18.5. The molecule has 0 fully saturated rings. The summed E-state index contributed by atoms with van der Waals surface area (Å²) in [5.74, 6) is -1.49. The fourth-order valence-corrected chi connectivity index (χ4v) is 1.65. The second-order valence-electron chi connectivity index (χ2n) is 4.13. The summed E-state index contributed by atoms with van der Waals surface area (Å²) in [6, 6.07) is 12.4. The molecule has 2 rings (SSSR count). The highest BCUT2D eigenvalue weighted by Gasteiger charge is 2.13. The maximum absolute atomic E-state index is 13.5. The van der Waals surface area contributed by atoms with Gasteiger partial charge in [-0.3, -0.25) is 0 Å². The number of hydrogen-bond acceptors (Lipinski definition) is 4. The van der Waals surface area contributed by atoms with Crippen molar-refractivity contribution in [2.75, 3.05) is 5.73 Å². The van der Waals surface area contributed by atoms with E-state index in [1.807, 2.05) is 6.07 Å². The van der Waals surface area contributed by atoms with Crippen LogP contribution >= 0.6 is 0 Å². The van der Waals surface area contributed by atoms with Crippen LogP contribution in [-0.2, 0) is 11.3 Å². The van der Waals surface area contributed by atoms with Crippen LogP contribution in [0.3, 0.4) is 0 Å². The summed E-state index contributed by atoms with van der Waals surface area (Å²) in [5.41, 5.74) is 6.60. The van der Waals surface area contributed by atoms with Crippen LogP contribution in [0.5, 0.6) is 0 Å². The van der Waals surface area contributed by atoms with Gasteiger partial charge >= 0.3 is 5.97 Å². The number of esters is 1. The van der Waals surface area contributed by atoms with Crippen molar-refractivity contribution in [2.24, 2.45) is 0 Å². The van der Waals surface area contributed by atoms with Gasteiger partial charge in [0.25, 0.3) is 0 Å². The number of carbonyl (C=O) groups excluding carboxylic acids is 1. The van der Waals surface area contributed by atoms with Crippen LogP contribution in [0.4, 0.5) is 10.1 Å². The van der Waals surface area contributed by atoms with Crippen molar-refractivity contribution in [3.05, 3.63) is 65.0 Å². The minimum absolute atomic E-state index is 0.0296. The van der Waals surface area contributed by atoms with E-state index in [-0.39, 0.29) is 17.9 Å². The zero-order chi connectivity index (χ0) is 14.5. The lowest BCUT2D eigenvalue weighted by atomic mass is 10.1. The third-order valence-corrected chi connectivity index (χ3v) is 2.64. The van der Waals surface area contributed by atoms with E-state index in [4.69, 9.17) is 15.7 Å². The molecule has 0 unspecified atom stereocenters. The minimum atomic E-state index is -0.773. The third-order valence-electron chi connectivity index (χ3n) is 2.64. The Labute approximate surface area is 115 Å². The van der Waals surface area contributed by atoms with Crippen LogP contribution in [0, 0.1) is 17.1 Å². The highest BCUT2D eigenvalue weighted by Crippen LogP contribution is 2.14. The molecule has 0 amide bonds. The Kier molecular flexibility index (Phi) is 3.96. The maximum Gasteiger partial charge on any atom is 0.341 e. The molecule has 0 atom stereocenters. The summed E-state index contributed by atoms with van der Waals surface area (Å²) in [4.78, 5) is 11.7. The Hall–Kier alpha value is -2.87. The van der Waals surface area contributed by atoms with Crippen molar-refractivity contribution in [2.45, 2.75) is 6.61 Å². The molecule has 0 radical (unpaired) electrons. The van der Waals surface area contributed by atoms with Gasteiger partial charge in [0.05, 0.1) is 17.2 Å². The van der Waals surface area contributed by atoms with Crippen molar-refractivity contribution in [3.63, 3.8) is 0 Å². The fourth-order valence-electron chi connectivity index (χ4n) is 1.65. The van der Waals surface area contributed by atoms with Crippen molar-refractivity contribution in [1.29, 1.82) is 5.26 Å². The lowest BCUT2D eigenvalue weighted by molar-refractivity contribution is 0.0467. The molecule has 0 aromatic heterocycles. The number of halogens is 1. The lowest BCUT2D eigenvalue weighted by Crippen LogP contribution is -2.08. The second kappa shape index (κ2) is 5.85. The molecule has 0 saturated carbocycles. The zero-order valence-corrected chi connectivity index (χ0v) is 10.5. The summed E-state index contributed by atoms with van der Waals surface area (Å²) >= 11 is 0. The first-order valence-electron chi connectivity index (χ1n) is 5.81. The highest BCUT2D eigenvalue weighted by atomic mass is 19.1. The van der Waals surface area contributed by atoms with Gasteiger partial charge in [-0.25, -0.2) is 9.18 Å². The molecule has 5 heteroatoms. The highest BCUT2D eigenvalue weighted by molar-refractivity contribution is 5.90. The number of nitrogen functional groups attached to an aromatic ring is 1. The van der Waals surface area contributed by atoms with Gasteiger partial charge in [-0.1, -0.05) is 12.1 Å². The molecular formula is C15H11FN2O2. The molecule has 0 saturated heterocycles. The molecule has 0 bridgehead atoms. The normalized spacial score (nSPS) is 9.80. The monoisotopic (exact) mass is 270 g/mol. The molecule has 20 heavy (non-hydrogen) atoms. The summed E-state index contributed by atoms with van der Waals surface area (Å²) in [5, 5.41) is 8.76. The van der Waals surface area contributed by atoms with E-state index in [1.165, 1.54) is 12.1 Å². The third kappa shape index (κ3) is 3.12. The SMILES string of the molecule is N#Cc1cccc(COC(=O)c2ccc(N)cc2F)c1. The average molecular weight is 270 g/mol. The Morgan fingerprint density at radius 3 is 2.80 bits per heavy atom. The maximum atomic E-state index is 13.5. The van der Waals surface area contributed by atoms with Crippen LogP contribution in [0.25, 0.3) is 0 Å². The van der Waals surface area contributed by atoms with Crippen LogP contribution in [-0.4, -0.2) is 5.97 Å². The van der Waals surface area contributed by atoms with E-state index >= 15 is 0 Å². The second-order valence-corrected chi connectivity index (χ2v) is 4.13. The first-order chi connectivity index (χ1) is 9.60. The number of anilines is 1. The molecular weight excluding hydrogens is 259 g/mol. The van der Waals surface area contributed by atoms with Crippen LogP contribution in [0.2, 0.25) is 0 Å². The van der Waals surface area contributed by atoms with Crippen LogP contribution in [0.1, 0.15) is 21.5 Å². The van der Waals surface area contributed by atoms with Gasteiger partial charge < -0.3 is 10.5 Å². The Bertz CT molecular complexity index is 693. The molecule has 2 aromatic rings. The quantitative estimate of drug-likeness (QED) is 0.687. The Morgan fingerprint density at radius 2 is 2.10 bits per heavy atom. The van der Waals surface area contributed by atoms with E-state index < -0.39 is 11.8 Å². The van der Waals surface area contributed by atoms with E-state index in [1.54, 1.807) is 24.3 Å². The number of rotatable bonds is 3. The molecule has 2 N–H and O–H groups in total. The molecule has 100 valence electrons. The molecule has 0 aliphatic heterocycles. The van der Waals surface area contributed by atoms with Crippen molar-refractivity contribution in [1.82, 2.24) is 0 Å². The van der Waals surface area contributed by atoms with Gasteiger partial charge in [0.2, 0.25) is 0 Å². The van der Waals surface area contributed by atoms with E-state index in [9.17, 15) is 9.18 Å². The summed E-state index contributed by atoms with van der Waals surface area (Å²) in [7, 11) is 0. The standard InChI is InChI=1S/C15H11FN2O2/c16-14-7-12(18)4-5-13(14)15(19)20-9-11-3-1-2-10(6-11)8-17/h1-7H,9,18H2. The number of ether oxygens (including phenoxy) is 1. The topological polar surface area (TPSA) is 76.1 Å². The van der Waals surface area contributed by atoms with E-state index in [0.29, 0.717) is 11.1 Å². The van der Waals surface area contributed by atoms with Crippen molar-refractivity contribution in [3.8, 4) is 6.07 Å². The number of carbonyl (C=O) groups is 1. The van der Waals surface area contributed by atoms with Crippen molar-refractivity contribution >= 4 is 11.7 Å². The lowest BCUT2D eigenvalue weighted by Gasteiger charge is -2.06. The number of nitriles is 1. The first-order valence-corrected chi connectivity index (χ1v) is 5.81. The fraction of sp³-hybridized carbons (Fsp3) is 0.0667. The van der Waals surface area contributed by atoms with Gasteiger partial charge in [0.1, 0.15) is 12.4 Å². The molecule has 0 aliphatic carbocycles. The Morgan fingerprint density at radius 1 is 1.30 bits per heavy atom. The molecule has 0 heterocycles. The zero-order valence-electron chi connectivity index (χ0n) is 10.5. The van der Waals surface area contributed by atoms with Crippen LogP contribution < -0.4 is 5.73 Å². The molecule has 4 nitrogen and oxygen atoms in total. The number of nitrogens with zero attached hydrogens (tertiary/aromatic N) is 1. The Balaban J connectivity index is 2.07. The molecule has 0 spiro atoms. The summed E-state index contributed by atoms with van der Waals surface area (Å²) in [6.45, 7) is -0.0296. The number of hydrogen-bond donors (Lipinski definition) is 1. The van der Waals surface area contributed by atoms with Gasteiger partial charge in [-0.15, -0.1) is 0 Å². The van der Waals surface area contributed by atoms with E-state index in [0.717, 1.165) is 6.07 Å². The minimum Gasteiger partial charge on any atom is -0.457 e. The largest absolute Gasteiger partial charge is 0.457 e. The van der Waals surface area contributed by atoms with Crippen LogP contribution in [0.15, 0.2) is 42.5 Å². The van der Waals surface area contributed by atoms with Gasteiger partial charge in [-0.2, -0.15) is 5.26 Å². The number of benzene rings is 2. The van der Waals surface area contributed by atoms with Crippen molar-refractivity contribution < 1.29 is 13.9 Å². The van der Waals surface area contributed by atoms with Gasteiger partial charge in [0, 0.05) is 5.69 Å². The van der Waals surface area contributed by atoms with Gasteiger partial charge in [0.15, 0.2) is 0 Å². The summed E-state index contributed by atoms with van der Waals surface area (Å²) in [6.07, 6.45) is 0. The van der Waals surface area contributed by atoms with E-state index in [2.05, 4.69) is 0 Å². The number of nitrogens with two attached hydrogens (primary N) is 1.